The molecule has 0 aromatic carbocycles. The fraction of sp³-hybridized carbons (Fsp3) is 0. The van der Waals surface area contributed by atoms with Crippen LogP contribution in [0.1, 0.15) is 0 Å². The summed E-state index contributed by atoms with van der Waals surface area (Å²) in [7, 11) is 0. The molecule has 0 saturated carbocycles. The van der Waals surface area contributed by atoms with Gasteiger partial charge in [-0.1, -0.05) is 0 Å². The van der Waals surface area contributed by atoms with E-state index in [1.54, 1.807) is 0 Å². The molecule has 0 amide bonds. The largest absolute Gasteiger partial charge is 0.166 e. The van der Waals surface area contributed by atoms with Gasteiger partial charge in [0, 0.05) is 0 Å². The Hall–Kier alpha value is 1.02. The first-order valence-electron chi connectivity index (χ1n) is 1.44. The highest BCUT2D eigenvalue weighted by Gasteiger charge is 1.95. The van der Waals surface area contributed by atoms with Crippen molar-refractivity contribution in [2.45, 2.75) is 0 Å². The van der Waals surface area contributed by atoms with Crippen molar-refractivity contribution in [1.29, 1.82) is 0 Å². The van der Waals surface area contributed by atoms with Gasteiger partial charge in [0.25, 0.3) is 0 Å². The maximum Gasteiger partial charge on any atom is 0.148 e. The highest BCUT2D eigenvalue weighted by atomic mass is 127. The van der Waals surface area contributed by atoms with Crippen molar-refractivity contribution in [2.75, 3.05) is 0 Å². The predicted molar refractivity (Wildman–Crippen MR) is 45.3 cm³/mol. The molecule has 1 rings (SSSR count). The van der Waals surface area contributed by atoms with Crippen LogP contribution in [0.15, 0.2) is 0 Å². The average Bonchev–Trinajstić information content (AvgIpc) is 1.91. The number of halogens is 2. The number of rotatable bonds is 0. The molecular weight excluding hydrogens is 338 g/mol. The number of aromatic nitrogens is 2. The lowest BCUT2D eigenvalue weighted by Gasteiger charge is -1.70. The Morgan fingerprint density at radius 1 is 1.14 bits per heavy atom. The molecule has 38 valence electrons. The second-order valence-electron chi connectivity index (χ2n) is 0.846. The van der Waals surface area contributed by atoms with Crippen LogP contribution in [0.25, 0.3) is 0 Å². The van der Waals surface area contributed by atoms with Crippen LogP contribution in [0.2, 0.25) is 0 Å². The third-order valence-corrected chi connectivity index (χ3v) is 4.13. The molecule has 0 spiro atoms. The van der Waals surface area contributed by atoms with Gasteiger partial charge in [-0.25, -0.2) is 0 Å². The normalized spacial score (nSPS) is 9.43. The van der Waals surface area contributed by atoms with E-state index in [0.29, 0.717) is 0 Å². The Bertz CT molecular complexity index is 146. The van der Waals surface area contributed by atoms with E-state index in [-0.39, 0.29) is 0 Å². The number of hydrogen-bond donors (Lipinski definition) is 0. The minimum Gasteiger partial charge on any atom is -0.166 e. The van der Waals surface area contributed by atoms with Crippen molar-refractivity contribution in [2.24, 2.45) is 0 Å². The highest BCUT2D eigenvalue weighted by molar-refractivity contribution is 14.1. The highest BCUT2D eigenvalue weighted by Crippen LogP contribution is 2.09. The zero-order valence-corrected chi connectivity index (χ0v) is 8.19. The molecule has 0 aliphatic carbocycles. The van der Waals surface area contributed by atoms with Crippen molar-refractivity contribution >= 4 is 56.9 Å². The van der Waals surface area contributed by atoms with Crippen LogP contribution in [-0.2, 0) is 0 Å². The molecule has 2 nitrogen and oxygen atoms in total. The fourth-order valence-corrected chi connectivity index (χ4v) is 1.62. The summed E-state index contributed by atoms with van der Waals surface area (Å²) in [5.74, 6) is 0. The van der Waals surface area contributed by atoms with E-state index in [0.717, 1.165) is 7.40 Å². The summed E-state index contributed by atoms with van der Waals surface area (Å²) in [6.45, 7) is 0. The Labute approximate surface area is 72.3 Å². The topological polar surface area (TPSA) is 25.8 Å². The van der Waals surface area contributed by atoms with Crippen LogP contribution >= 0.6 is 56.9 Å². The maximum atomic E-state index is 3.93. The smallest absolute Gasteiger partial charge is 0.148 e. The van der Waals surface area contributed by atoms with Gasteiger partial charge in [-0.3, -0.25) is 0 Å². The lowest BCUT2D eigenvalue weighted by molar-refractivity contribution is 1.39. The van der Waals surface area contributed by atoms with Crippen LogP contribution in [0.4, 0.5) is 0 Å². The van der Waals surface area contributed by atoms with E-state index < -0.39 is 0 Å². The molecule has 1 heterocycles. The van der Waals surface area contributed by atoms with Gasteiger partial charge in [0.2, 0.25) is 0 Å². The molecule has 0 atom stereocenters. The molecule has 0 radical (unpaired) electrons. The minimum atomic E-state index is 1.00. The minimum absolute atomic E-state index is 1.00. The number of nitrogens with zero attached hydrogens (tertiary/aromatic N) is 2. The van der Waals surface area contributed by atoms with E-state index in [1.165, 1.54) is 11.7 Å². The number of hydrogen-bond acceptors (Lipinski definition) is 3. The predicted octanol–water partition coefficient (Wildman–Crippen LogP) is 1.75. The van der Waals surface area contributed by atoms with Crippen LogP contribution in [0.3, 0.4) is 0 Å². The van der Waals surface area contributed by atoms with Crippen molar-refractivity contribution in [3.63, 3.8) is 0 Å². The zero-order valence-electron chi connectivity index (χ0n) is 3.06. The van der Waals surface area contributed by atoms with E-state index in [4.69, 9.17) is 0 Å². The summed E-state index contributed by atoms with van der Waals surface area (Å²) in [5.41, 5.74) is 0. The molecule has 0 N–H and O–H groups in total. The maximum absolute atomic E-state index is 3.93. The molecule has 1 aromatic heterocycles. The van der Waals surface area contributed by atoms with Gasteiger partial charge in [-0.05, 0) is 45.2 Å². The van der Waals surface area contributed by atoms with Crippen molar-refractivity contribution in [3.8, 4) is 0 Å². The molecule has 0 aliphatic heterocycles. The summed E-state index contributed by atoms with van der Waals surface area (Å²) in [5, 5.41) is 0. The van der Waals surface area contributed by atoms with Gasteiger partial charge < -0.3 is 0 Å². The lowest BCUT2D eigenvalue weighted by Crippen LogP contribution is -1.69. The van der Waals surface area contributed by atoms with Crippen LogP contribution in [0.5, 0.6) is 0 Å². The fourth-order valence-electron chi connectivity index (χ4n) is 0.167. The van der Waals surface area contributed by atoms with Crippen LogP contribution in [0, 0.1) is 7.40 Å². The first-order chi connectivity index (χ1) is 3.30. The average molecular weight is 338 g/mol. The Balaban J connectivity index is 3.12. The van der Waals surface area contributed by atoms with Crippen molar-refractivity contribution < 1.29 is 0 Å². The van der Waals surface area contributed by atoms with E-state index in [1.807, 2.05) is 0 Å². The molecule has 0 saturated heterocycles. The molecule has 1 aromatic rings. The molecule has 7 heavy (non-hydrogen) atoms. The second kappa shape index (κ2) is 2.53. The molecular formula is C2I2N2S. The third-order valence-electron chi connectivity index (χ3n) is 0.412. The van der Waals surface area contributed by atoms with Gasteiger partial charge in [0.15, 0.2) is 0 Å². The molecule has 0 fully saturated rings. The lowest BCUT2D eigenvalue weighted by atomic mass is 11.0. The Morgan fingerprint density at radius 2 is 1.57 bits per heavy atom. The first-order valence-corrected chi connectivity index (χ1v) is 4.33. The van der Waals surface area contributed by atoms with Gasteiger partial charge in [0.05, 0.1) is 11.7 Å². The molecule has 0 aliphatic rings. The summed E-state index contributed by atoms with van der Waals surface area (Å²) >= 11 is 5.55. The standard InChI is InChI=1S/C2I2N2S/c3-1-2(4)6-7-5-1. The Morgan fingerprint density at radius 3 is 1.71 bits per heavy atom. The van der Waals surface area contributed by atoms with Gasteiger partial charge >= 0.3 is 0 Å². The second-order valence-corrected chi connectivity index (χ2v) is 3.42. The van der Waals surface area contributed by atoms with E-state index in [9.17, 15) is 0 Å². The summed E-state index contributed by atoms with van der Waals surface area (Å²) in [4.78, 5) is 0. The molecule has 0 unspecified atom stereocenters. The molecule has 0 bridgehead atoms. The monoisotopic (exact) mass is 338 g/mol. The van der Waals surface area contributed by atoms with E-state index >= 15 is 0 Å². The van der Waals surface area contributed by atoms with Gasteiger partial charge in [0.1, 0.15) is 7.40 Å². The summed E-state index contributed by atoms with van der Waals surface area (Å²) in [6, 6.07) is 0. The van der Waals surface area contributed by atoms with E-state index in [2.05, 4.69) is 53.9 Å². The summed E-state index contributed by atoms with van der Waals surface area (Å²) in [6.07, 6.45) is 0. The van der Waals surface area contributed by atoms with Crippen LogP contribution < -0.4 is 0 Å². The first kappa shape index (κ1) is 6.14. The third kappa shape index (κ3) is 1.46. The van der Waals surface area contributed by atoms with Crippen molar-refractivity contribution in [1.82, 2.24) is 8.75 Å². The molecule has 5 heteroatoms. The Kier molecular flexibility index (Phi) is 2.22. The van der Waals surface area contributed by atoms with Crippen LogP contribution in [-0.4, -0.2) is 8.75 Å². The zero-order chi connectivity index (χ0) is 5.28. The SMILES string of the molecule is Ic1nsnc1I. The van der Waals surface area contributed by atoms with Gasteiger partial charge in [-0.2, -0.15) is 8.75 Å². The summed E-state index contributed by atoms with van der Waals surface area (Å²) < 4.78 is 9.86. The van der Waals surface area contributed by atoms with Crippen molar-refractivity contribution in [3.05, 3.63) is 7.40 Å². The quantitative estimate of drug-likeness (QED) is 0.674. The van der Waals surface area contributed by atoms with Gasteiger partial charge in [-0.15, -0.1) is 0 Å².